The lowest BCUT2D eigenvalue weighted by molar-refractivity contribution is 0.0600. The molecule has 5 aromatic rings. The highest BCUT2D eigenvalue weighted by Gasteiger charge is 2.14. The Morgan fingerprint density at radius 3 is 2.38 bits per heavy atom. The van der Waals surface area contributed by atoms with Crippen LogP contribution in [-0.2, 0) is 4.74 Å². The van der Waals surface area contributed by atoms with E-state index >= 15 is 0 Å². The maximum atomic E-state index is 11.9. The molecule has 0 radical (unpaired) electrons. The molecule has 4 aromatic heterocycles. The van der Waals surface area contributed by atoms with E-state index in [1.54, 1.807) is 30.9 Å². The number of pyridine rings is 3. The van der Waals surface area contributed by atoms with Crippen LogP contribution in [0.5, 0.6) is 0 Å². The van der Waals surface area contributed by atoms with Crippen molar-refractivity contribution in [3.63, 3.8) is 0 Å². The molecule has 0 bridgehead atoms. The summed E-state index contributed by atoms with van der Waals surface area (Å²) in [7, 11) is 1.36. The van der Waals surface area contributed by atoms with Gasteiger partial charge in [0.05, 0.1) is 47.3 Å². The number of benzene rings is 1. The van der Waals surface area contributed by atoms with Gasteiger partial charge in [0.2, 0.25) is 0 Å². The molecular formula is C32H36N6O2. The van der Waals surface area contributed by atoms with Gasteiger partial charge in [-0.2, -0.15) is 0 Å². The van der Waals surface area contributed by atoms with Crippen molar-refractivity contribution in [1.29, 1.82) is 0 Å². The molecule has 6 rings (SSSR count). The lowest BCUT2D eigenvalue weighted by Gasteiger charge is -2.08. The fourth-order valence-corrected chi connectivity index (χ4v) is 4.44. The minimum absolute atomic E-state index is 0.402. The van der Waals surface area contributed by atoms with Gasteiger partial charge in [0.15, 0.2) is 0 Å². The van der Waals surface area contributed by atoms with Gasteiger partial charge in [-0.1, -0.05) is 32.4 Å². The highest BCUT2D eigenvalue weighted by Crippen LogP contribution is 2.31. The molecule has 0 saturated carbocycles. The number of aromatic amines is 1. The van der Waals surface area contributed by atoms with Crippen molar-refractivity contribution in [2.45, 2.75) is 40.0 Å². The maximum Gasteiger partial charge on any atom is 0.337 e. The number of esters is 1. The third-order valence-electron chi connectivity index (χ3n) is 6.42. The number of nitrogens with one attached hydrogen (secondary N) is 2. The summed E-state index contributed by atoms with van der Waals surface area (Å²) in [5.41, 5.74) is 7.18. The molecule has 0 unspecified atom stereocenters. The maximum absolute atomic E-state index is 11.9. The number of rotatable bonds is 4. The van der Waals surface area contributed by atoms with Crippen LogP contribution >= 0.6 is 0 Å². The molecule has 0 amide bonds. The molecule has 0 atom stereocenters. The zero-order valence-corrected chi connectivity index (χ0v) is 23.6. The molecule has 0 spiro atoms. The molecule has 1 aromatic carbocycles. The number of H-pyrrole nitrogens is 1. The number of fused-ring (bicyclic) bond motifs is 1. The van der Waals surface area contributed by atoms with Crippen molar-refractivity contribution in [2.75, 3.05) is 20.2 Å². The summed E-state index contributed by atoms with van der Waals surface area (Å²) in [6.07, 6.45) is 9.23. The number of aromatic nitrogens is 5. The molecule has 0 aliphatic carbocycles. The van der Waals surface area contributed by atoms with Gasteiger partial charge >= 0.3 is 5.97 Å². The summed E-state index contributed by atoms with van der Waals surface area (Å²) in [6, 6.07) is 17.3. The Hall–Kier alpha value is -4.43. The van der Waals surface area contributed by atoms with E-state index in [1.807, 2.05) is 63.2 Å². The van der Waals surface area contributed by atoms with Gasteiger partial charge in [0, 0.05) is 34.6 Å². The molecular weight excluding hydrogens is 500 g/mol. The van der Waals surface area contributed by atoms with Crippen LogP contribution in [0.2, 0.25) is 0 Å². The standard InChI is InChI=1S/C25H19N5O2.C5H11N.C2H6/c1-15-4-3-5-21(30-15)24-23(28-14-29-24)16-6-7-20-18(10-16)11-19(13-27-20)22-12-17(8-9-26-22)25(31)32-2;1-2-4-6-5-3-1;1-2/h3-14H,1-2H3,(H,28,29);6H,1-5H2;1-2H3. The van der Waals surface area contributed by atoms with Crippen LogP contribution in [0.4, 0.5) is 0 Å². The summed E-state index contributed by atoms with van der Waals surface area (Å²) in [6.45, 7) is 8.46. The first-order valence-corrected chi connectivity index (χ1v) is 13.8. The third kappa shape index (κ3) is 6.95. The largest absolute Gasteiger partial charge is 0.465 e. The normalized spacial score (nSPS) is 12.5. The van der Waals surface area contributed by atoms with Crippen LogP contribution in [-0.4, -0.2) is 51.1 Å². The lowest BCUT2D eigenvalue weighted by atomic mass is 10.0. The Kier molecular flexibility index (Phi) is 10.1. The summed E-state index contributed by atoms with van der Waals surface area (Å²) in [4.78, 5) is 33.2. The van der Waals surface area contributed by atoms with Gasteiger partial charge in [-0.15, -0.1) is 0 Å². The average molecular weight is 537 g/mol. The fourth-order valence-electron chi connectivity index (χ4n) is 4.44. The van der Waals surface area contributed by atoms with Gasteiger partial charge in [0.1, 0.15) is 0 Å². The van der Waals surface area contributed by atoms with Crippen LogP contribution in [0.15, 0.2) is 73.3 Å². The van der Waals surface area contributed by atoms with Crippen molar-refractivity contribution in [2.24, 2.45) is 0 Å². The number of methoxy groups -OCH3 is 1. The number of hydrogen-bond acceptors (Lipinski definition) is 7. The minimum Gasteiger partial charge on any atom is -0.465 e. The highest BCUT2D eigenvalue weighted by atomic mass is 16.5. The average Bonchev–Trinajstić information content (AvgIpc) is 3.53. The number of carbonyl (C=O) groups is 1. The van der Waals surface area contributed by atoms with E-state index in [9.17, 15) is 4.79 Å². The third-order valence-corrected chi connectivity index (χ3v) is 6.42. The van der Waals surface area contributed by atoms with Crippen LogP contribution in [0.1, 0.15) is 49.2 Å². The topological polar surface area (TPSA) is 106 Å². The second-order valence-corrected chi connectivity index (χ2v) is 9.15. The molecule has 1 aliphatic rings. The number of piperidine rings is 1. The van der Waals surface area contributed by atoms with Gasteiger partial charge < -0.3 is 15.0 Å². The van der Waals surface area contributed by atoms with Crippen molar-refractivity contribution in [3.8, 4) is 33.9 Å². The zero-order valence-electron chi connectivity index (χ0n) is 23.6. The first-order chi connectivity index (χ1) is 19.6. The minimum atomic E-state index is -0.402. The molecule has 1 fully saturated rings. The number of imidazole rings is 1. The van der Waals surface area contributed by atoms with E-state index in [0.29, 0.717) is 11.3 Å². The molecule has 5 heterocycles. The van der Waals surface area contributed by atoms with Crippen LogP contribution < -0.4 is 5.32 Å². The van der Waals surface area contributed by atoms with Crippen molar-refractivity contribution in [1.82, 2.24) is 30.2 Å². The Bertz CT molecular complexity index is 1550. The second-order valence-electron chi connectivity index (χ2n) is 9.15. The molecule has 40 heavy (non-hydrogen) atoms. The molecule has 2 N–H and O–H groups in total. The Balaban J connectivity index is 0.000000404. The Morgan fingerprint density at radius 2 is 1.68 bits per heavy atom. The Labute approximate surface area is 235 Å². The van der Waals surface area contributed by atoms with Gasteiger partial charge in [-0.25, -0.2) is 9.78 Å². The predicted octanol–water partition coefficient (Wildman–Crippen LogP) is 6.63. The van der Waals surface area contributed by atoms with Crippen molar-refractivity contribution in [3.05, 3.63) is 84.6 Å². The molecule has 1 aliphatic heterocycles. The fraction of sp³-hybridized carbons (Fsp3) is 0.281. The van der Waals surface area contributed by atoms with E-state index in [-0.39, 0.29) is 0 Å². The van der Waals surface area contributed by atoms with E-state index in [1.165, 1.54) is 39.5 Å². The highest BCUT2D eigenvalue weighted by molar-refractivity contribution is 5.92. The number of ether oxygens (including phenoxy) is 1. The predicted molar refractivity (Wildman–Crippen MR) is 160 cm³/mol. The van der Waals surface area contributed by atoms with Crippen molar-refractivity contribution >= 4 is 16.9 Å². The molecule has 8 nitrogen and oxygen atoms in total. The van der Waals surface area contributed by atoms with Crippen molar-refractivity contribution < 1.29 is 9.53 Å². The Morgan fingerprint density at radius 1 is 0.875 bits per heavy atom. The van der Waals surface area contributed by atoms with E-state index in [2.05, 4.69) is 30.2 Å². The zero-order chi connectivity index (χ0) is 28.3. The quantitative estimate of drug-likeness (QED) is 0.248. The smallest absolute Gasteiger partial charge is 0.337 e. The first kappa shape index (κ1) is 28.6. The number of hydrogen-bond donors (Lipinski definition) is 2. The van der Waals surface area contributed by atoms with E-state index < -0.39 is 5.97 Å². The van der Waals surface area contributed by atoms with Gasteiger partial charge in [0.25, 0.3) is 0 Å². The summed E-state index contributed by atoms with van der Waals surface area (Å²) in [5.74, 6) is -0.402. The molecule has 8 heteroatoms. The summed E-state index contributed by atoms with van der Waals surface area (Å²) >= 11 is 0. The van der Waals surface area contributed by atoms with Crippen LogP contribution in [0.25, 0.3) is 44.8 Å². The monoisotopic (exact) mass is 536 g/mol. The summed E-state index contributed by atoms with van der Waals surface area (Å²) in [5, 5.41) is 4.23. The summed E-state index contributed by atoms with van der Waals surface area (Å²) < 4.78 is 4.81. The second kappa shape index (κ2) is 14.1. The van der Waals surface area contributed by atoms with E-state index in [4.69, 9.17) is 4.74 Å². The number of carbonyl (C=O) groups excluding carboxylic acids is 1. The van der Waals surface area contributed by atoms with Gasteiger partial charge in [-0.05, 0) is 75.3 Å². The molecule has 1 saturated heterocycles. The van der Waals surface area contributed by atoms with Crippen LogP contribution in [0, 0.1) is 6.92 Å². The SMILES string of the molecule is C1CCNCC1.CC.COC(=O)c1ccnc(-c2cnc3ccc(-c4nc[nH]c4-c4cccc(C)n4)cc3c2)c1. The van der Waals surface area contributed by atoms with Gasteiger partial charge in [-0.3, -0.25) is 15.0 Å². The number of aryl methyl sites for hydroxylation is 1. The van der Waals surface area contributed by atoms with Crippen LogP contribution in [0.3, 0.4) is 0 Å². The van der Waals surface area contributed by atoms with E-state index in [0.717, 1.165) is 44.8 Å². The number of nitrogens with zero attached hydrogens (tertiary/aromatic N) is 4. The first-order valence-electron chi connectivity index (χ1n) is 13.8. The lowest BCUT2D eigenvalue weighted by Crippen LogP contribution is -2.21. The molecule has 206 valence electrons.